The van der Waals surface area contributed by atoms with Crippen LogP contribution in [-0.2, 0) is 0 Å². The molecule has 0 bridgehead atoms. The van der Waals surface area contributed by atoms with E-state index in [9.17, 15) is 0 Å². The van der Waals surface area contributed by atoms with E-state index in [-0.39, 0.29) is 0 Å². The lowest BCUT2D eigenvalue weighted by atomic mass is 10.1. The van der Waals surface area contributed by atoms with Crippen molar-refractivity contribution in [3.63, 3.8) is 0 Å². The maximum atomic E-state index is 5.89. The Bertz CT molecular complexity index is 114. The van der Waals surface area contributed by atoms with Gasteiger partial charge in [-0.2, -0.15) is 0 Å². The predicted octanol–water partition coefficient (Wildman–Crippen LogP) is 2.35. The zero-order chi connectivity index (χ0) is 8.27. The van der Waals surface area contributed by atoms with Crippen LogP contribution in [-0.4, -0.2) is 29.9 Å². The number of likely N-dealkylation sites (tertiary alicyclic amines) is 1. The van der Waals surface area contributed by atoms with Crippen LogP contribution < -0.4 is 0 Å². The van der Waals surface area contributed by atoms with Crippen molar-refractivity contribution in [2.75, 3.05) is 19.0 Å². The van der Waals surface area contributed by atoms with Crippen molar-refractivity contribution in [3.05, 3.63) is 0 Å². The first-order chi connectivity index (χ1) is 5.29. The minimum atomic E-state index is 0.650. The first-order valence-corrected chi connectivity index (χ1v) is 5.13. The van der Waals surface area contributed by atoms with Crippen LogP contribution in [0.4, 0.5) is 0 Å². The van der Waals surface area contributed by atoms with Gasteiger partial charge in [-0.3, -0.25) is 4.90 Å². The number of alkyl halides is 1. The number of nitrogens with zero attached hydrogens (tertiary/aromatic N) is 1. The van der Waals surface area contributed by atoms with E-state index in [2.05, 4.69) is 18.7 Å². The molecule has 0 aromatic carbocycles. The van der Waals surface area contributed by atoms with Crippen LogP contribution in [0.2, 0.25) is 0 Å². The van der Waals surface area contributed by atoms with E-state index < -0.39 is 0 Å². The molecule has 1 heterocycles. The van der Waals surface area contributed by atoms with Crippen molar-refractivity contribution in [1.82, 2.24) is 4.90 Å². The smallest absolute Gasteiger partial charge is 0.0382 e. The van der Waals surface area contributed by atoms with Crippen molar-refractivity contribution in [2.45, 2.75) is 32.7 Å². The van der Waals surface area contributed by atoms with Gasteiger partial charge in [0.25, 0.3) is 0 Å². The Morgan fingerprint density at radius 2 is 2.27 bits per heavy atom. The van der Waals surface area contributed by atoms with E-state index >= 15 is 0 Å². The highest BCUT2D eigenvalue weighted by Crippen LogP contribution is 2.24. The predicted molar refractivity (Wildman–Crippen MR) is 50.2 cm³/mol. The molecule has 1 nitrogen and oxygen atoms in total. The Morgan fingerprint density at radius 1 is 1.55 bits per heavy atom. The average molecular weight is 176 g/mol. The van der Waals surface area contributed by atoms with E-state index in [1.54, 1.807) is 0 Å². The lowest BCUT2D eigenvalue weighted by Gasteiger charge is -2.23. The van der Waals surface area contributed by atoms with Crippen molar-refractivity contribution in [1.29, 1.82) is 0 Å². The zero-order valence-corrected chi connectivity index (χ0v) is 8.27. The molecule has 2 atom stereocenters. The van der Waals surface area contributed by atoms with Gasteiger partial charge in [0.2, 0.25) is 0 Å². The maximum Gasteiger partial charge on any atom is 0.0382 e. The lowest BCUT2D eigenvalue weighted by molar-refractivity contribution is 0.251. The molecule has 66 valence electrons. The Balaban J connectivity index is 2.40. The molecule has 0 amide bonds. The van der Waals surface area contributed by atoms with Gasteiger partial charge in [-0.25, -0.2) is 0 Å². The van der Waals surface area contributed by atoms with Gasteiger partial charge in [-0.05, 0) is 31.8 Å². The summed E-state index contributed by atoms with van der Waals surface area (Å²) in [6, 6.07) is 0.650. The summed E-state index contributed by atoms with van der Waals surface area (Å²) in [6.07, 6.45) is 2.58. The molecule has 0 aromatic heterocycles. The molecule has 1 rings (SSSR count). The maximum absolute atomic E-state index is 5.89. The molecule has 1 aliphatic heterocycles. The molecule has 0 saturated carbocycles. The highest BCUT2D eigenvalue weighted by atomic mass is 35.5. The van der Waals surface area contributed by atoms with Crippen LogP contribution in [0.5, 0.6) is 0 Å². The van der Waals surface area contributed by atoms with Crippen LogP contribution in [0.1, 0.15) is 26.7 Å². The molecule has 0 aromatic rings. The fourth-order valence-electron chi connectivity index (χ4n) is 1.90. The monoisotopic (exact) mass is 175 g/mol. The second kappa shape index (κ2) is 4.32. The molecule has 0 N–H and O–H groups in total. The molecular formula is C9H18ClN. The van der Waals surface area contributed by atoms with Gasteiger partial charge in [-0.15, -0.1) is 11.6 Å². The Labute approximate surface area is 74.7 Å². The topological polar surface area (TPSA) is 3.24 Å². The number of hydrogen-bond acceptors (Lipinski definition) is 1. The SMILES string of the molecule is CCCN1CCC(C)C1CCl. The zero-order valence-electron chi connectivity index (χ0n) is 7.52. The lowest BCUT2D eigenvalue weighted by Crippen LogP contribution is -2.34. The summed E-state index contributed by atoms with van der Waals surface area (Å²) in [4.78, 5) is 2.53. The highest BCUT2D eigenvalue weighted by Gasteiger charge is 2.29. The van der Waals surface area contributed by atoms with Crippen LogP contribution in [0, 0.1) is 5.92 Å². The van der Waals surface area contributed by atoms with E-state index in [1.807, 2.05) is 0 Å². The second-order valence-corrected chi connectivity index (χ2v) is 3.83. The molecule has 0 radical (unpaired) electrons. The van der Waals surface area contributed by atoms with Gasteiger partial charge in [0.15, 0.2) is 0 Å². The third-order valence-corrected chi connectivity index (χ3v) is 2.98. The standard InChI is InChI=1S/C9H18ClN/c1-3-5-11-6-4-8(2)9(11)7-10/h8-9H,3-7H2,1-2H3. The van der Waals surface area contributed by atoms with Gasteiger partial charge in [0.05, 0.1) is 0 Å². The van der Waals surface area contributed by atoms with Gasteiger partial charge >= 0.3 is 0 Å². The summed E-state index contributed by atoms with van der Waals surface area (Å²) in [5, 5.41) is 0. The molecular weight excluding hydrogens is 158 g/mol. The highest BCUT2D eigenvalue weighted by molar-refractivity contribution is 6.18. The van der Waals surface area contributed by atoms with Gasteiger partial charge in [0.1, 0.15) is 0 Å². The van der Waals surface area contributed by atoms with Crippen LogP contribution >= 0.6 is 11.6 Å². The fourth-order valence-corrected chi connectivity index (χ4v) is 2.40. The van der Waals surface area contributed by atoms with Crippen LogP contribution in [0.3, 0.4) is 0 Å². The third kappa shape index (κ3) is 2.09. The first kappa shape index (κ1) is 9.34. The minimum Gasteiger partial charge on any atom is -0.299 e. The summed E-state index contributed by atoms with van der Waals surface area (Å²) >= 11 is 5.89. The Kier molecular flexibility index (Phi) is 3.67. The van der Waals surface area contributed by atoms with Crippen molar-refractivity contribution in [3.8, 4) is 0 Å². The second-order valence-electron chi connectivity index (χ2n) is 3.52. The molecule has 1 aliphatic rings. The summed E-state index contributed by atoms with van der Waals surface area (Å²) in [6.45, 7) is 7.02. The molecule has 2 unspecified atom stereocenters. The molecule has 1 saturated heterocycles. The normalized spacial score (nSPS) is 33.0. The molecule has 1 fully saturated rings. The van der Waals surface area contributed by atoms with Crippen molar-refractivity contribution >= 4 is 11.6 Å². The van der Waals surface area contributed by atoms with E-state index in [1.165, 1.54) is 25.9 Å². The van der Waals surface area contributed by atoms with E-state index in [0.29, 0.717) is 6.04 Å². The molecule has 2 heteroatoms. The Hall–Kier alpha value is 0.250. The fraction of sp³-hybridized carbons (Fsp3) is 1.00. The molecule has 0 aliphatic carbocycles. The average Bonchev–Trinajstić information content (AvgIpc) is 2.33. The summed E-state index contributed by atoms with van der Waals surface area (Å²) in [7, 11) is 0. The largest absolute Gasteiger partial charge is 0.299 e. The third-order valence-electron chi connectivity index (χ3n) is 2.67. The Morgan fingerprint density at radius 3 is 2.82 bits per heavy atom. The van der Waals surface area contributed by atoms with Crippen LogP contribution in [0.15, 0.2) is 0 Å². The quantitative estimate of drug-likeness (QED) is 0.596. The molecule has 0 spiro atoms. The van der Waals surface area contributed by atoms with Crippen molar-refractivity contribution in [2.24, 2.45) is 5.92 Å². The summed E-state index contributed by atoms with van der Waals surface area (Å²) < 4.78 is 0. The summed E-state index contributed by atoms with van der Waals surface area (Å²) in [5.74, 6) is 1.61. The van der Waals surface area contributed by atoms with Gasteiger partial charge in [0, 0.05) is 11.9 Å². The van der Waals surface area contributed by atoms with Gasteiger partial charge < -0.3 is 0 Å². The number of rotatable bonds is 3. The first-order valence-electron chi connectivity index (χ1n) is 4.59. The number of halogens is 1. The van der Waals surface area contributed by atoms with Crippen LogP contribution in [0.25, 0.3) is 0 Å². The minimum absolute atomic E-state index is 0.650. The number of hydrogen-bond donors (Lipinski definition) is 0. The van der Waals surface area contributed by atoms with Gasteiger partial charge in [-0.1, -0.05) is 13.8 Å². The van der Waals surface area contributed by atoms with E-state index in [0.717, 1.165) is 11.8 Å². The molecule has 11 heavy (non-hydrogen) atoms. The summed E-state index contributed by atoms with van der Waals surface area (Å²) in [5.41, 5.74) is 0. The van der Waals surface area contributed by atoms with E-state index in [4.69, 9.17) is 11.6 Å². The van der Waals surface area contributed by atoms with Crippen molar-refractivity contribution < 1.29 is 0 Å².